The summed E-state index contributed by atoms with van der Waals surface area (Å²) in [6.07, 6.45) is 3.57. The molecule has 132 valence electrons. The molecule has 0 unspecified atom stereocenters. The standard InChI is InChI=1S/C20H17Cl2N3O/c21-15-8-3-1-6-13(15)17-12-23-19(24-17)18-10-5-11-25(18)20(26)14-7-2-4-9-16(14)22/h1-4,6-9,12,18H,5,10-11H2,(H,23,24)/t18-/m1/s1. The molecule has 1 aromatic heterocycles. The van der Waals surface area contributed by atoms with E-state index in [1.54, 1.807) is 18.3 Å². The third kappa shape index (κ3) is 3.11. The molecule has 1 atom stereocenters. The minimum absolute atomic E-state index is 0.0613. The van der Waals surface area contributed by atoms with E-state index in [4.69, 9.17) is 23.2 Å². The lowest BCUT2D eigenvalue weighted by molar-refractivity contribution is 0.0730. The highest BCUT2D eigenvalue weighted by atomic mass is 35.5. The van der Waals surface area contributed by atoms with Gasteiger partial charge in [-0.25, -0.2) is 4.98 Å². The van der Waals surface area contributed by atoms with Gasteiger partial charge < -0.3 is 9.88 Å². The minimum atomic E-state index is -0.0880. The van der Waals surface area contributed by atoms with E-state index >= 15 is 0 Å². The van der Waals surface area contributed by atoms with E-state index < -0.39 is 0 Å². The summed E-state index contributed by atoms with van der Waals surface area (Å²) in [6, 6.07) is 14.7. The number of likely N-dealkylation sites (tertiary alicyclic amines) is 1. The van der Waals surface area contributed by atoms with Gasteiger partial charge in [0.15, 0.2) is 0 Å². The van der Waals surface area contributed by atoms with E-state index in [1.807, 2.05) is 41.3 Å². The van der Waals surface area contributed by atoms with Gasteiger partial charge in [0.25, 0.3) is 5.91 Å². The van der Waals surface area contributed by atoms with Crippen LogP contribution >= 0.6 is 23.2 Å². The topological polar surface area (TPSA) is 49.0 Å². The molecule has 0 spiro atoms. The molecule has 1 amide bonds. The van der Waals surface area contributed by atoms with E-state index in [0.29, 0.717) is 22.2 Å². The summed E-state index contributed by atoms with van der Waals surface area (Å²) >= 11 is 12.5. The molecular formula is C20H17Cl2N3O. The van der Waals surface area contributed by atoms with Crippen LogP contribution in [-0.2, 0) is 0 Å². The molecule has 4 nitrogen and oxygen atoms in total. The molecule has 2 heterocycles. The highest BCUT2D eigenvalue weighted by Gasteiger charge is 2.33. The van der Waals surface area contributed by atoms with Gasteiger partial charge in [-0.05, 0) is 31.0 Å². The van der Waals surface area contributed by atoms with Crippen LogP contribution in [0.15, 0.2) is 54.7 Å². The number of aromatic amines is 1. The number of nitrogens with one attached hydrogen (secondary N) is 1. The SMILES string of the molecule is O=C(c1ccccc1Cl)N1CCC[C@@H]1c1ncc(-c2ccccc2Cl)[nH]1. The number of hydrogen-bond acceptors (Lipinski definition) is 2. The molecule has 1 saturated heterocycles. The molecule has 1 aliphatic rings. The lowest BCUT2D eigenvalue weighted by Gasteiger charge is -2.23. The van der Waals surface area contributed by atoms with Crippen molar-refractivity contribution in [2.24, 2.45) is 0 Å². The van der Waals surface area contributed by atoms with Gasteiger partial charge in [0.05, 0.1) is 28.5 Å². The quantitative estimate of drug-likeness (QED) is 0.659. The predicted molar refractivity (Wildman–Crippen MR) is 103 cm³/mol. The van der Waals surface area contributed by atoms with E-state index in [1.165, 1.54) is 0 Å². The van der Waals surface area contributed by atoms with Gasteiger partial charge in [-0.1, -0.05) is 53.5 Å². The first-order valence-electron chi connectivity index (χ1n) is 8.50. The fraction of sp³-hybridized carbons (Fsp3) is 0.200. The zero-order valence-electron chi connectivity index (χ0n) is 14.0. The fourth-order valence-electron chi connectivity index (χ4n) is 3.41. The normalized spacial score (nSPS) is 16.8. The Labute approximate surface area is 161 Å². The number of carbonyl (C=O) groups excluding carboxylic acids is 1. The number of benzene rings is 2. The number of aromatic nitrogens is 2. The summed E-state index contributed by atoms with van der Waals surface area (Å²) in [5.41, 5.74) is 2.27. The Hall–Kier alpha value is -2.30. The number of halogens is 2. The predicted octanol–water partition coefficient (Wildman–Crippen LogP) is 5.36. The van der Waals surface area contributed by atoms with Gasteiger partial charge in [-0.15, -0.1) is 0 Å². The Bertz CT molecular complexity index is 953. The molecule has 0 aliphatic carbocycles. The van der Waals surface area contributed by atoms with Crippen molar-refractivity contribution in [3.05, 3.63) is 76.2 Å². The van der Waals surface area contributed by atoms with Crippen molar-refractivity contribution >= 4 is 29.1 Å². The Morgan fingerprint density at radius 1 is 1.08 bits per heavy atom. The molecule has 1 N–H and O–H groups in total. The highest BCUT2D eigenvalue weighted by molar-refractivity contribution is 6.34. The molecule has 3 aromatic rings. The number of carbonyl (C=O) groups is 1. The van der Waals surface area contributed by atoms with Crippen molar-refractivity contribution in [3.8, 4) is 11.3 Å². The number of nitrogens with zero attached hydrogens (tertiary/aromatic N) is 2. The van der Waals surface area contributed by atoms with Crippen LogP contribution in [0.5, 0.6) is 0 Å². The van der Waals surface area contributed by atoms with Gasteiger partial charge in [-0.2, -0.15) is 0 Å². The fourth-order valence-corrected chi connectivity index (χ4v) is 3.86. The third-order valence-electron chi connectivity index (χ3n) is 4.69. The maximum absolute atomic E-state index is 13.0. The minimum Gasteiger partial charge on any atom is -0.340 e. The lowest BCUT2D eigenvalue weighted by Crippen LogP contribution is -2.31. The molecule has 0 saturated carbocycles. The second-order valence-corrected chi connectivity index (χ2v) is 7.11. The lowest BCUT2D eigenvalue weighted by atomic mass is 10.1. The van der Waals surface area contributed by atoms with Crippen molar-refractivity contribution in [1.82, 2.24) is 14.9 Å². The largest absolute Gasteiger partial charge is 0.340 e. The summed E-state index contributed by atoms with van der Waals surface area (Å²) in [4.78, 5) is 22.7. The zero-order valence-corrected chi connectivity index (χ0v) is 15.5. The Morgan fingerprint density at radius 3 is 2.58 bits per heavy atom. The molecule has 0 bridgehead atoms. The average molecular weight is 386 g/mol. The Balaban J connectivity index is 1.63. The molecular weight excluding hydrogens is 369 g/mol. The smallest absolute Gasteiger partial charge is 0.255 e. The molecule has 26 heavy (non-hydrogen) atoms. The summed E-state index contributed by atoms with van der Waals surface area (Å²) in [6.45, 7) is 0.691. The van der Waals surface area contributed by atoms with Crippen LogP contribution < -0.4 is 0 Å². The summed E-state index contributed by atoms with van der Waals surface area (Å²) < 4.78 is 0. The monoisotopic (exact) mass is 385 g/mol. The molecule has 2 aromatic carbocycles. The number of hydrogen-bond donors (Lipinski definition) is 1. The van der Waals surface area contributed by atoms with Crippen molar-refractivity contribution in [1.29, 1.82) is 0 Å². The van der Waals surface area contributed by atoms with Gasteiger partial charge in [0, 0.05) is 17.1 Å². The Morgan fingerprint density at radius 2 is 1.81 bits per heavy atom. The van der Waals surface area contributed by atoms with Crippen LogP contribution in [0.4, 0.5) is 0 Å². The van der Waals surface area contributed by atoms with Crippen molar-refractivity contribution in [3.63, 3.8) is 0 Å². The van der Waals surface area contributed by atoms with Gasteiger partial charge >= 0.3 is 0 Å². The third-order valence-corrected chi connectivity index (χ3v) is 5.35. The summed E-state index contributed by atoms with van der Waals surface area (Å²) in [5, 5.41) is 1.14. The van der Waals surface area contributed by atoms with Crippen molar-refractivity contribution in [2.75, 3.05) is 6.54 Å². The molecule has 6 heteroatoms. The van der Waals surface area contributed by atoms with E-state index in [-0.39, 0.29) is 11.9 Å². The average Bonchev–Trinajstić information content (AvgIpc) is 3.31. The first kappa shape index (κ1) is 17.1. The van der Waals surface area contributed by atoms with Crippen LogP contribution in [-0.4, -0.2) is 27.3 Å². The first-order chi connectivity index (χ1) is 12.6. The van der Waals surface area contributed by atoms with E-state index in [2.05, 4.69) is 9.97 Å². The first-order valence-corrected chi connectivity index (χ1v) is 9.26. The molecule has 1 fully saturated rings. The van der Waals surface area contributed by atoms with Gasteiger partial charge in [-0.3, -0.25) is 4.79 Å². The van der Waals surface area contributed by atoms with E-state index in [9.17, 15) is 4.79 Å². The molecule has 1 aliphatic heterocycles. The van der Waals surface area contributed by atoms with Crippen molar-refractivity contribution in [2.45, 2.75) is 18.9 Å². The second kappa shape index (κ2) is 7.14. The van der Waals surface area contributed by atoms with Crippen molar-refractivity contribution < 1.29 is 4.79 Å². The van der Waals surface area contributed by atoms with Crippen LogP contribution in [0, 0.1) is 0 Å². The maximum Gasteiger partial charge on any atom is 0.255 e. The number of amides is 1. The molecule has 4 rings (SSSR count). The van der Waals surface area contributed by atoms with Crippen LogP contribution in [0.2, 0.25) is 10.0 Å². The van der Waals surface area contributed by atoms with Crippen LogP contribution in [0.25, 0.3) is 11.3 Å². The van der Waals surface area contributed by atoms with E-state index in [0.717, 1.165) is 29.9 Å². The zero-order chi connectivity index (χ0) is 18.1. The number of imidazole rings is 1. The van der Waals surface area contributed by atoms with Crippen LogP contribution in [0.1, 0.15) is 35.1 Å². The molecule has 0 radical (unpaired) electrons. The summed E-state index contributed by atoms with van der Waals surface area (Å²) in [7, 11) is 0. The van der Waals surface area contributed by atoms with Gasteiger partial charge in [0.1, 0.15) is 5.82 Å². The number of rotatable bonds is 3. The van der Waals surface area contributed by atoms with Gasteiger partial charge in [0.2, 0.25) is 0 Å². The number of H-pyrrole nitrogens is 1. The highest BCUT2D eigenvalue weighted by Crippen LogP contribution is 2.34. The van der Waals surface area contributed by atoms with Crippen LogP contribution in [0.3, 0.4) is 0 Å². The summed E-state index contributed by atoms with van der Waals surface area (Å²) in [5.74, 6) is 0.714. The second-order valence-electron chi connectivity index (χ2n) is 6.30. The Kier molecular flexibility index (Phi) is 4.70. The maximum atomic E-state index is 13.0.